The van der Waals surface area contributed by atoms with Gasteiger partial charge in [0, 0.05) is 8.80 Å². The van der Waals surface area contributed by atoms with E-state index in [9.17, 15) is 0 Å². The molecule has 0 spiro atoms. The van der Waals surface area contributed by atoms with Crippen molar-refractivity contribution >= 4 is 8.80 Å². The van der Waals surface area contributed by atoms with Crippen LogP contribution in [-0.2, 0) is 19.8 Å². The Hall–Kier alpha value is 0.536. The van der Waals surface area contributed by atoms with Crippen molar-refractivity contribution < 1.29 is 19.8 Å². The van der Waals surface area contributed by atoms with Gasteiger partial charge >= 0.3 is 19.8 Å². The van der Waals surface area contributed by atoms with E-state index in [-0.39, 0.29) is 8.80 Å². The molecule has 0 heterocycles. The van der Waals surface area contributed by atoms with Gasteiger partial charge in [0.2, 0.25) is 0 Å². The number of rotatable bonds is 0. The summed E-state index contributed by atoms with van der Waals surface area (Å²) >= 11 is 2.00. The van der Waals surface area contributed by atoms with Crippen molar-refractivity contribution in [2.24, 2.45) is 0 Å². The van der Waals surface area contributed by atoms with Crippen LogP contribution in [0.25, 0.3) is 0 Å². The van der Waals surface area contributed by atoms with Gasteiger partial charge in [-0.3, -0.25) is 0 Å². The van der Waals surface area contributed by atoms with Crippen LogP contribution in [0.2, 0.25) is 19.6 Å². The standard InChI is InChI=1S/C3H9Si.Fe.O/c1-4(2)3;;/h1-3H3;;. The average molecular weight is 145 g/mol. The molecule has 0 N–H and O–H groups in total. The Morgan fingerprint density at radius 2 is 1.17 bits per heavy atom. The Bertz CT molecular complexity index is 22.0. The molecule has 0 aromatic rings. The molecular weight excluding hydrogens is 136 g/mol. The van der Waals surface area contributed by atoms with Crippen molar-refractivity contribution in [2.75, 3.05) is 0 Å². The second kappa shape index (κ2) is 9.11. The summed E-state index contributed by atoms with van der Waals surface area (Å²) in [5.41, 5.74) is 0. The fourth-order valence-electron chi connectivity index (χ4n) is 0. The first-order valence-corrected chi connectivity index (χ1v) is 5.10. The maximum absolute atomic E-state index is 8.00. The Labute approximate surface area is 48.8 Å². The molecule has 1 nitrogen and oxygen atoms in total. The molecule has 0 aliphatic heterocycles. The topological polar surface area (TPSA) is 17.1 Å². The summed E-state index contributed by atoms with van der Waals surface area (Å²) in [6.07, 6.45) is 0. The van der Waals surface area contributed by atoms with E-state index in [0.717, 1.165) is 0 Å². The maximum atomic E-state index is 8.00. The van der Waals surface area contributed by atoms with E-state index in [1.807, 2.05) is 15.9 Å². The van der Waals surface area contributed by atoms with Gasteiger partial charge in [0.15, 0.2) is 0 Å². The Morgan fingerprint density at radius 3 is 1.17 bits per heavy atom. The summed E-state index contributed by atoms with van der Waals surface area (Å²) in [6.45, 7) is 6.81. The normalized spacial score (nSPS) is 6.83. The van der Waals surface area contributed by atoms with Crippen molar-refractivity contribution in [3.05, 3.63) is 0 Å². The summed E-state index contributed by atoms with van der Waals surface area (Å²) in [4.78, 5) is 0. The SMILES string of the molecule is C[Si](C)C.[O]=[Fe]. The molecule has 1 radical (unpaired) electrons. The second-order valence-corrected chi connectivity index (χ2v) is 4.50. The molecule has 0 fully saturated rings. The zero-order valence-electron chi connectivity index (χ0n) is 4.26. The Kier molecular flexibility index (Phi) is 14.8. The van der Waals surface area contributed by atoms with Gasteiger partial charge in [0.05, 0.1) is 0 Å². The van der Waals surface area contributed by atoms with Gasteiger partial charge in [-0.05, 0) is 0 Å². The summed E-state index contributed by atoms with van der Waals surface area (Å²) in [5, 5.41) is 0. The van der Waals surface area contributed by atoms with Gasteiger partial charge in [-0.25, -0.2) is 0 Å². The van der Waals surface area contributed by atoms with Crippen LogP contribution in [0.15, 0.2) is 0 Å². The molecule has 0 saturated heterocycles. The summed E-state index contributed by atoms with van der Waals surface area (Å²) < 4.78 is 8.00. The van der Waals surface area contributed by atoms with Crippen LogP contribution in [0.1, 0.15) is 0 Å². The van der Waals surface area contributed by atoms with Gasteiger partial charge in [0.1, 0.15) is 0 Å². The average Bonchev–Trinajstić information content (AvgIpc) is 1.41. The first kappa shape index (κ1) is 9.74. The second-order valence-electron chi connectivity index (χ2n) is 1.50. The molecule has 3 heteroatoms. The van der Waals surface area contributed by atoms with E-state index in [0.29, 0.717) is 0 Å². The molecule has 0 aliphatic carbocycles. The van der Waals surface area contributed by atoms with Gasteiger partial charge in [-0.15, -0.1) is 0 Å². The molecule has 0 bridgehead atoms. The van der Waals surface area contributed by atoms with Gasteiger partial charge < -0.3 is 0 Å². The third-order valence-corrected chi connectivity index (χ3v) is 0. The van der Waals surface area contributed by atoms with Crippen LogP contribution in [0.3, 0.4) is 0 Å². The van der Waals surface area contributed by atoms with Crippen molar-refractivity contribution in [2.45, 2.75) is 19.6 Å². The monoisotopic (exact) mass is 145 g/mol. The molecule has 0 aromatic heterocycles. The van der Waals surface area contributed by atoms with Crippen LogP contribution in [0.5, 0.6) is 0 Å². The van der Waals surface area contributed by atoms with Crippen LogP contribution in [0, 0.1) is 0 Å². The van der Waals surface area contributed by atoms with Gasteiger partial charge in [-0.1, -0.05) is 19.6 Å². The van der Waals surface area contributed by atoms with Crippen molar-refractivity contribution in [3.8, 4) is 0 Å². The number of hydrogen-bond acceptors (Lipinski definition) is 1. The fraction of sp³-hybridized carbons (Fsp3) is 1.00. The summed E-state index contributed by atoms with van der Waals surface area (Å²) in [7, 11) is 0.120. The van der Waals surface area contributed by atoms with E-state index in [1.165, 1.54) is 0 Å². The minimum atomic E-state index is 0.120. The van der Waals surface area contributed by atoms with E-state index < -0.39 is 0 Å². The van der Waals surface area contributed by atoms with E-state index in [4.69, 9.17) is 3.83 Å². The molecule has 0 amide bonds. The quantitative estimate of drug-likeness (QED) is 0.469. The predicted molar refractivity (Wildman–Crippen MR) is 24.0 cm³/mol. The summed E-state index contributed by atoms with van der Waals surface area (Å²) in [6, 6.07) is 0. The Morgan fingerprint density at radius 1 is 1.17 bits per heavy atom. The van der Waals surface area contributed by atoms with Crippen molar-refractivity contribution in [3.63, 3.8) is 0 Å². The van der Waals surface area contributed by atoms with Gasteiger partial charge in [0.25, 0.3) is 0 Å². The zero-order chi connectivity index (χ0) is 5.58. The zero-order valence-corrected chi connectivity index (χ0v) is 6.37. The van der Waals surface area contributed by atoms with E-state index in [2.05, 4.69) is 19.6 Å². The summed E-state index contributed by atoms with van der Waals surface area (Å²) in [5.74, 6) is 0. The molecule has 0 rings (SSSR count). The molecule has 6 heavy (non-hydrogen) atoms. The van der Waals surface area contributed by atoms with Gasteiger partial charge in [-0.2, -0.15) is 0 Å². The molecule has 0 aromatic carbocycles. The minimum absolute atomic E-state index is 0.120. The Balaban J connectivity index is 0. The van der Waals surface area contributed by atoms with Crippen LogP contribution in [0.4, 0.5) is 0 Å². The molecule has 0 unspecified atom stereocenters. The number of hydrogen-bond donors (Lipinski definition) is 0. The van der Waals surface area contributed by atoms with Crippen molar-refractivity contribution in [1.82, 2.24) is 0 Å². The third kappa shape index (κ3) is 197. The third-order valence-electron chi connectivity index (χ3n) is 0. The van der Waals surface area contributed by atoms with E-state index in [1.54, 1.807) is 0 Å². The van der Waals surface area contributed by atoms with E-state index >= 15 is 0 Å². The molecule has 0 aliphatic rings. The molecule has 39 valence electrons. The molecule has 0 atom stereocenters. The van der Waals surface area contributed by atoms with Crippen LogP contribution >= 0.6 is 0 Å². The first-order valence-electron chi connectivity index (χ1n) is 1.64. The van der Waals surface area contributed by atoms with Crippen LogP contribution < -0.4 is 0 Å². The van der Waals surface area contributed by atoms with Crippen molar-refractivity contribution in [1.29, 1.82) is 0 Å². The fourth-order valence-corrected chi connectivity index (χ4v) is 0. The first-order chi connectivity index (χ1) is 2.73. The van der Waals surface area contributed by atoms with Crippen LogP contribution in [-0.4, -0.2) is 8.80 Å². The molecular formula is C3H9FeOSi. The molecule has 0 saturated carbocycles. The predicted octanol–water partition coefficient (Wildman–Crippen LogP) is 1.25.